The molecule has 3 aliphatic rings. The summed E-state index contributed by atoms with van der Waals surface area (Å²) in [6.45, 7) is 4.39. The van der Waals surface area contributed by atoms with Gasteiger partial charge in [0.15, 0.2) is 0 Å². The van der Waals surface area contributed by atoms with Crippen molar-refractivity contribution in [3.8, 4) is 0 Å². The summed E-state index contributed by atoms with van der Waals surface area (Å²) in [7, 11) is -3.74. The van der Waals surface area contributed by atoms with Gasteiger partial charge in [0.05, 0.1) is 12.5 Å². The van der Waals surface area contributed by atoms with Crippen LogP contribution in [0.2, 0.25) is 0 Å². The number of thioether (sulfide) groups is 2. The third-order valence-corrected chi connectivity index (χ3v) is 8.95. The third kappa shape index (κ3) is 4.66. The Morgan fingerprint density at radius 2 is 1.67 bits per heavy atom. The van der Waals surface area contributed by atoms with Crippen molar-refractivity contribution < 1.29 is 22.7 Å². The van der Waals surface area contributed by atoms with Gasteiger partial charge in [0, 0.05) is 56.5 Å². The zero-order valence-corrected chi connectivity index (χ0v) is 17.9. The lowest BCUT2D eigenvalue weighted by atomic mass is 10.3. The molecule has 0 aromatic carbocycles. The summed E-state index contributed by atoms with van der Waals surface area (Å²) in [6.07, 6.45) is -0.415. The van der Waals surface area contributed by atoms with Crippen LogP contribution in [0.25, 0.3) is 0 Å². The van der Waals surface area contributed by atoms with Crippen molar-refractivity contribution in [1.29, 1.82) is 0 Å². The van der Waals surface area contributed by atoms with E-state index in [1.807, 2.05) is 11.8 Å². The molecule has 27 heavy (non-hydrogen) atoms. The fourth-order valence-electron chi connectivity index (χ4n) is 3.31. The van der Waals surface area contributed by atoms with E-state index in [1.165, 1.54) is 25.3 Å². The van der Waals surface area contributed by atoms with E-state index in [0.717, 1.165) is 11.5 Å². The van der Waals surface area contributed by atoms with Crippen LogP contribution in [0.15, 0.2) is 0 Å². The number of rotatable bonds is 4. The lowest BCUT2D eigenvalue weighted by Crippen LogP contribution is -2.57. The molecule has 9 nitrogen and oxygen atoms in total. The van der Waals surface area contributed by atoms with Gasteiger partial charge in [-0.1, -0.05) is 0 Å². The van der Waals surface area contributed by atoms with Gasteiger partial charge in [-0.05, 0) is 6.92 Å². The van der Waals surface area contributed by atoms with Crippen molar-refractivity contribution in [3.63, 3.8) is 0 Å². The molecule has 3 rings (SSSR count). The molecule has 1 atom stereocenters. The molecular weight excluding hydrogens is 412 g/mol. The average Bonchev–Trinajstić information content (AvgIpc) is 3.19. The Bertz CT molecular complexity index is 648. The fourth-order valence-corrected chi connectivity index (χ4v) is 7.48. The van der Waals surface area contributed by atoms with Gasteiger partial charge in [-0.15, -0.1) is 11.8 Å². The Morgan fingerprint density at radius 3 is 2.30 bits per heavy atom. The van der Waals surface area contributed by atoms with E-state index in [2.05, 4.69) is 0 Å². The van der Waals surface area contributed by atoms with Crippen LogP contribution in [0.5, 0.6) is 0 Å². The van der Waals surface area contributed by atoms with Crippen LogP contribution in [0.1, 0.15) is 6.92 Å². The van der Waals surface area contributed by atoms with Gasteiger partial charge in [-0.25, -0.2) is 4.79 Å². The lowest BCUT2D eigenvalue weighted by molar-refractivity contribution is -0.133. The van der Waals surface area contributed by atoms with Crippen molar-refractivity contribution >= 4 is 45.7 Å². The van der Waals surface area contributed by atoms with E-state index in [1.54, 1.807) is 11.8 Å². The van der Waals surface area contributed by atoms with Crippen molar-refractivity contribution in [1.82, 2.24) is 18.4 Å². The Hall–Kier alpha value is -0.690. The molecule has 3 saturated heterocycles. The summed E-state index contributed by atoms with van der Waals surface area (Å²) in [5, 5.41) is 0. The minimum Gasteiger partial charge on any atom is -0.450 e. The van der Waals surface area contributed by atoms with E-state index in [4.69, 9.17) is 4.74 Å². The molecule has 0 saturated carbocycles. The highest BCUT2D eigenvalue weighted by atomic mass is 32.2. The average molecular weight is 439 g/mol. The first-order chi connectivity index (χ1) is 12.9. The number of hydrogen-bond donors (Lipinski definition) is 0. The molecule has 3 fully saturated rings. The van der Waals surface area contributed by atoms with Crippen LogP contribution >= 0.6 is 23.5 Å². The van der Waals surface area contributed by atoms with E-state index in [-0.39, 0.29) is 19.0 Å². The van der Waals surface area contributed by atoms with Gasteiger partial charge >= 0.3 is 6.09 Å². The molecule has 2 amide bonds. The maximum Gasteiger partial charge on any atom is 0.409 e. The molecule has 0 N–H and O–H groups in total. The topological polar surface area (TPSA) is 90.5 Å². The smallest absolute Gasteiger partial charge is 0.409 e. The highest BCUT2D eigenvalue weighted by Gasteiger charge is 2.44. The normalized spacial score (nSPS) is 25.6. The van der Waals surface area contributed by atoms with Crippen molar-refractivity contribution in [2.45, 2.75) is 13.0 Å². The second-order valence-corrected chi connectivity index (χ2v) is 10.5. The molecule has 0 bridgehead atoms. The second kappa shape index (κ2) is 9.21. The minimum atomic E-state index is -3.74. The molecule has 3 heterocycles. The molecule has 1 unspecified atom stereocenters. The lowest BCUT2D eigenvalue weighted by Gasteiger charge is -2.37. The predicted octanol–water partition coefficient (Wildman–Crippen LogP) is -0.0444. The Morgan fingerprint density at radius 1 is 1.00 bits per heavy atom. The number of hydrogen-bond acceptors (Lipinski definition) is 7. The Labute approximate surface area is 168 Å². The minimum absolute atomic E-state index is 0.0889. The summed E-state index contributed by atoms with van der Waals surface area (Å²) in [5.41, 5.74) is 0. The van der Waals surface area contributed by atoms with Crippen LogP contribution in [0, 0.1) is 0 Å². The number of carbonyl (C=O) groups is 2. The fraction of sp³-hybridized carbons (Fsp3) is 0.867. The predicted molar refractivity (Wildman–Crippen MR) is 106 cm³/mol. The Kier molecular flexibility index (Phi) is 7.17. The summed E-state index contributed by atoms with van der Waals surface area (Å²) in [6, 6.07) is -0.633. The third-order valence-electron chi connectivity index (χ3n) is 4.84. The van der Waals surface area contributed by atoms with Crippen LogP contribution in [-0.2, 0) is 19.7 Å². The highest BCUT2D eigenvalue weighted by molar-refractivity contribution is 8.00. The maximum atomic E-state index is 13.1. The van der Waals surface area contributed by atoms with Gasteiger partial charge in [-0.2, -0.15) is 28.8 Å². The molecule has 0 aliphatic carbocycles. The maximum absolute atomic E-state index is 13.1. The number of carbonyl (C=O) groups excluding carboxylic acids is 2. The van der Waals surface area contributed by atoms with Gasteiger partial charge in [0.1, 0.15) is 6.04 Å². The summed E-state index contributed by atoms with van der Waals surface area (Å²) in [4.78, 5) is 28.0. The van der Waals surface area contributed by atoms with Crippen molar-refractivity contribution in [2.75, 3.05) is 69.0 Å². The zero-order chi connectivity index (χ0) is 19.4. The van der Waals surface area contributed by atoms with Gasteiger partial charge in [0.25, 0.3) is 10.2 Å². The SMILES string of the molecule is CCOC(=O)N1CCN(S(=O)(=O)N2CSCC2C(=O)N2CCSCC2)CC1. The summed E-state index contributed by atoms with van der Waals surface area (Å²) >= 11 is 3.28. The quantitative estimate of drug-likeness (QED) is 0.608. The number of ether oxygens (including phenoxy) is 1. The molecule has 0 aromatic rings. The van der Waals surface area contributed by atoms with E-state index in [9.17, 15) is 18.0 Å². The van der Waals surface area contributed by atoms with E-state index >= 15 is 0 Å². The van der Waals surface area contributed by atoms with Crippen LogP contribution in [0.3, 0.4) is 0 Å². The van der Waals surface area contributed by atoms with Crippen LogP contribution in [-0.4, -0.2) is 114 Å². The zero-order valence-electron chi connectivity index (χ0n) is 15.4. The molecule has 0 spiro atoms. The van der Waals surface area contributed by atoms with Gasteiger partial charge < -0.3 is 14.5 Å². The number of piperazine rings is 1. The molecule has 3 aliphatic heterocycles. The second-order valence-electron chi connectivity index (χ2n) is 6.43. The summed E-state index contributed by atoms with van der Waals surface area (Å²) in [5.74, 6) is 2.49. The molecule has 12 heteroatoms. The molecular formula is C15H26N4O5S3. The largest absolute Gasteiger partial charge is 0.450 e. The van der Waals surface area contributed by atoms with E-state index < -0.39 is 22.3 Å². The highest BCUT2D eigenvalue weighted by Crippen LogP contribution is 2.28. The van der Waals surface area contributed by atoms with Crippen LogP contribution < -0.4 is 0 Å². The monoisotopic (exact) mass is 438 g/mol. The molecule has 0 radical (unpaired) electrons. The number of nitrogens with zero attached hydrogens (tertiary/aromatic N) is 4. The van der Waals surface area contributed by atoms with Crippen LogP contribution in [0.4, 0.5) is 4.79 Å². The van der Waals surface area contributed by atoms with Crippen molar-refractivity contribution in [3.05, 3.63) is 0 Å². The molecule has 154 valence electrons. The first-order valence-electron chi connectivity index (χ1n) is 9.08. The van der Waals surface area contributed by atoms with Gasteiger partial charge in [-0.3, -0.25) is 4.79 Å². The van der Waals surface area contributed by atoms with Gasteiger partial charge in [0.2, 0.25) is 5.91 Å². The molecule has 0 aromatic heterocycles. The first kappa shape index (κ1) is 21.0. The Balaban J connectivity index is 1.63. The summed E-state index contributed by atoms with van der Waals surface area (Å²) < 4.78 is 33.9. The first-order valence-corrected chi connectivity index (χ1v) is 12.8. The standard InChI is InChI=1S/C15H26N4O5S3/c1-2-24-15(21)17-3-5-18(6-4-17)27(22,23)19-12-26-11-13(19)14(20)16-7-9-25-10-8-16/h13H,2-12H2,1H3. The van der Waals surface area contributed by atoms with E-state index in [0.29, 0.717) is 44.4 Å². The number of amides is 2. The van der Waals surface area contributed by atoms with Crippen molar-refractivity contribution in [2.24, 2.45) is 0 Å².